The summed E-state index contributed by atoms with van der Waals surface area (Å²) in [6, 6.07) is 0. The van der Waals surface area contributed by atoms with Crippen LogP contribution in [-0.2, 0) is 10.1 Å². The highest BCUT2D eigenvalue weighted by molar-refractivity contribution is 7.87. The largest absolute Gasteiger partial charge is 0.534 e. The quantitative estimate of drug-likeness (QED) is 0.617. The smallest absolute Gasteiger partial charge is 0.354 e. The Morgan fingerprint density at radius 2 is 1.89 bits per heavy atom. The molecule has 0 spiro atoms. The van der Waals surface area contributed by atoms with Crippen molar-refractivity contribution in [2.24, 2.45) is 0 Å². The van der Waals surface area contributed by atoms with Crippen molar-refractivity contribution in [1.29, 1.82) is 0 Å². The van der Waals surface area contributed by atoms with Crippen molar-refractivity contribution >= 4 is 21.2 Å². The van der Waals surface area contributed by atoms with E-state index in [0.29, 0.717) is 11.1 Å². The van der Waals surface area contributed by atoms with E-state index in [1.807, 2.05) is 0 Å². The number of rotatable bonds is 2. The molecule has 0 unspecified atom stereocenters. The molecule has 102 valence electrons. The first-order chi connectivity index (χ1) is 8.71. The fourth-order valence-electron chi connectivity index (χ4n) is 1.25. The molecule has 0 aliphatic rings. The van der Waals surface area contributed by atoms with Gasteiger partial charge >= 0.3 is 15.6 Å². The Morgan fingerprint density at radius 1 is 1.21 bits per heavy atom. The van der Waals surface area contributed by atoms with Crippen LogP contribution in [0.5, 0.6) is 5.88 Å². The Bertz CT molecular complexity index is 730. The van der Waals surface area contributed by atoms with Crippen LogP contribution in [0.25, 0.3) is 11.0 Å². The molecule has 2 heterocycles. The van der Waals surface area contributed by atoms with E-state index in [4.69, 9.17) is 0 Å². The third kappa shape index (κ3) is 2.57. The highest BCUT2D eigenvalue weighted by Gasteiger charge is 2.48. The van der Waals surface area contributed by atoms with Crippen molar-refractivity contribution in [3.05, 3.63) is 24.2 Å². The van der Waals surface area contributed by atoms with Crippen molar-refractivity contribution < 1.29 is 25.8 Å². The second kappa shape index (κ2) is 4.30. The van der Waals surface area contributed by atoms with Crippen LogP contribution in [0.3, 0.4) is 0 Å². The Kier molecular flexibility index (Phi) is 3.04. The molecule has 0 N–H and O–H groups in total. The summed E-state index contributed by atoms with van der Waals surface area (Å²) in [7, 11) is -5.75. The molecule has 10 heteroatoms. The molecule has 0 amide bonds. The lowest BCUT2D eigenvalue weighted by atomic mass is 10.2. The molecule has 0 aromatic carbocycles. The third-order valence-corrected chi connectivity index (χ3v) is 3.05. The summed E-state index contributed by atoms with van der Waals surface area (Å²) in [4.78, 5) is 11.2. The van der Waals surface area contributed by atoms with Gasteiger partial charge in [-0.3, -0.25) is 4.98 Å². The van der Waals surface area contributed by atoms with Crippen molar-refractivity contribution in [2.45, 2.75) is 12.4 Å². The second-order valence-electron chi connectivity index (χ2n) is 3.52. The summed E-state index contributed by atoms with van der Waals surface area (Å²) >= 11 is 0. The van der Waals surface area contributed by atoms with Gasteiger partial charge in [-0.05, 0) is 12.5 Å². The molecule has 0 radical (unpaired) electrons. The number of nitrogens with zero attached hydrogens (tertiary/aromatic N) is 3. The first-order valence-corrected chi connectivity index (χ1v) is 6.19. The fourth-order valence-corrected chi connectivity index (χ4v) is 1.65. The van der Waals surface area contributed by atoms with Gasteiger partial charge in [0.2, 0.25) is 0 Å². The van der Waals surface area contributed by atoms with Gasteiger partial charge in [0.15, 0.2) is 0 Å². The maximum atomic E-state index is 12.1. The van der Waals surface area contributed by atoms with Gasteiger partial charge in [-0.25, -0.2) is 9.97 Å². The van der Waals surface area contributed by atoms with E-state index in [1.165, 1.54) is 12.4 Å². The number of halogens is 3. The summed E-state index contributed by atoms with van der Waals surface area (Å²) in [6.07, 6.45) is 3.54. The number of hydrogen-bond acceptors (Lipinski definition) is 6. The molecule has 0 saturated heterocycles. The number of hydrogen-bond donors (Lipinski definition) is 0. The predicted octanol–water partition coefficient (Wildman–Crippen LogP) is 1.56. The lowest BCUT2D eigenvalue weighted by Gasteiger charge is -2.08. The zero-order chi connectivity index (χ0) is 14.3. The second-order valence-corrected chi connectivity index (χ2v) is 5.05. The predicted molar refractivity (Wildman–Crippen MR) is 57.7 cm³/mol. The van der Waals surface area contributed by atoms with Crippen LogP contribution in [0.1, 0.15) is 5.56 Å². The first-order valence-electron chi connectivity index (χ1n) is 4.79. The third-order valence-electron chi connectivity index (χ3n) is 2.10. The average Bonchev–Trinajstić information content (AvgIpc) is 2.28. The van der Waals surface area contributed by atoms with E-state index in [-0.39, 0.29) is 5.52 Å². The highest BCUT2D eigenvalue weighted by Crippen LogP contribution is 2.26. The fraction of sp³-hybridized carbons (Fsp3) is 0.222. The highest BCUT2D eigenvalue weighted by atomic mass is 32.2. The molecule has 0 fully saturated rings. The summed E-state index contributed by atoms with van der Waals surface area (Å²) in [6.45, 7) is 1.60. The average molecular weight is 293 g/mol. The monoisotopic (exact) mass is 293 g/mol. The standard InChI is InChI=1S/C9H6F3N3O3S/c1-5-2-13-3-6-8(5)15-7(4-14-6)18-19(16,17)9(10,11)12/h2-4H,1H3. The molecule has 2 aromatic heterocycles. The van der Waals surface area contributed by atoms with Gasteiger partial charge in [0, 0.05) is 6.20 Å². The number of pyridine rings is 1. The van der Waals surface area contributed by atoms with Gasteiger partial charge in [0.25, 0.3) is 5.88 Å². The number of fused-ring (bicyclic) bond motifs is 1. The topological polar surface area (TPSA) is 82.0 Å². The molecule has 0 aliphatic heterocycles. The summed E-state index contributed by atoms with van der Waals surface area (Å²) < 4.78 is 61.9. The van der Waals surface area contributed by atoms with Gasteiger partial charge in [-0.2, -0.15) is 21.6 Å². The molecule has 2 aromatic rings. The van der Waals surface area contributed by atoms with Gasteiger partial charge in [0.05, 0.1) is 17.9 Å². The zero-order valence-corrected chi connectivity index (χ0v) is 10.2. The lowest BCUT2D eigenvalue weighted by molar-refractivity contribution is -0.0501. The number of aromatic nitrogens is 3. The van der Waals surface area contributed by atoms with E-state index in [0.717, 1.165) is 6.20 Å². The minimum absolute atomic E-state index is 0.213. The SMILES string of the molecule is Cc1cncc2ncc(OS(=O)(=O)C(F)(F)F)nc12. The van der Waals surface area contributed by atoms with E-state index in [1.54, 1.807) is 6.92 Å². The molecule has 0 atom stereocenters. The van der Waals surface area contributed by atoms with E-state index in [2.05, 4.69) is 19.1 Å². The summed E-state index contributed by atoms with van der Waals surface area (Å²) in [5.41, 5.74) is -4.46. The minimum Gasteiger partial charge on any atom is -0.354 e. The van der Waals surface area contributed by atoms with E-state index < -0.39 is 21.5 Å². The summed E-state index contributed by atoms with van der Waals surface area (Å²) in [5.74, 6) is -0.751. The van der Waals surface area contributed by atoms with Crippen LogP contribution < -0.4 is 4.18 Å². The Morgan fingerprint density at radius 3 is 2.53 bits per heavy atom. The lowest BCUT2D eigenvalue weighted by Crippen LogP contribution is -2.28. The molecule has 19 heavy (non-hydrogen) atoms. The van der Waals surface area contributed by atoms with Gasteiger partial charge < -0.3 is 4.18 Å². The van der Waals surface area contributed by atoms with Crippen molar-refractivity contribution in [3.8, 4) is 5.88 Å². The minimum atomic E-state index is -5.75. The van der Waals surface area contributed by atoms with Gasteiger partial charge in [-0.1, -0.05) is 0 Å². The van der Waals surface area contributed by atoms with Crippen LogP contribution in [0, 0.1) is 6.92 Å². The van der Waals surface area contributed by atoms with Crippen LogP contribution in [-0.4, -0.2) is 28.9 Å². The molecule has 0 saturated carbocycles. The maximum absolute atomic E-state index is 12.1. The maximum Gasteiger partial charge on any atom is 0.534 e. The molecule has 0 bridgehead atoms. The van der Waals surface area contributed by atoms with Crippen molar-refractivity contribution in [2.75, 3.05) is 0 Å². The number of alkyl halides is 3. The molecular weight excluding hydrogens is 287 g/mol. The van der Waals surface area contributed by atoms with E-state index in [9.17, 15) is 21.6 Å². The normalized spacial score (nSPS) is 12.6. The van der Waals surface area contributed by atoms with Crippen LogP contribution >= 0.6 is 0 Å². The Balaban J connectivity index is 2.46. The molecular formula is C9H6F3N3O3S. The zero-order valence-electron chi connectivity index (χ0n) is 9.34. The number of aryl methyl sites for hydroxylation is 1. The molecule has 0 aliphatic carbocycles. The van der Waals surface area contributed by atoms with Crippen LogP contribution in [0.15, 0.2) is 18.6 Å². The molecule has 6 nitrogen and oxygen atoms in total. The summed E-state index contributed by atoms with van der Waals surface area (Å²) in [5, 5.41) is 0. The van der Waals surface area contributed by atoms with Gasteiger partial charge in [-0.15, -0.1) is 0 Å². The van der Waals surface area contributed by atoms with Crippen LogP contribution in [0.4, 0.5) is 13.2 Å². The van der Waals surface area contributed by atoms with Crippen molar-refractivity contribution in [1.82, 2.24) is 15.0 Å². The van der Waals surface area contributed by atoms with Crippen molar-refractivity contribution in [3.63, 3.8) is 0 Å². The van der Waals surface area contributed by atoms with Crippen LogP contribution in [0.2, 0.25) is 0 Å². The Labute approximate surface area is 105 Å². The first kappa shape index (κ1) is 13.5. The van der Waals surface area contributed by atoms with Gasteiger partial charge in [0.1, 0.15) is 5.52 Å². The molecule has 2 rings (SSSR count). The van der Waals surface area contributed by atoms with E-state index >= 15 is 0 Å². The Hall–Kier alpha value is -1.97.